The van der Waals surface area contributed by atoms with Gasteiger partial charge in [0.05, 0.1) is 14.2 Å². The number of nitrogens with zero attached hydrogens (tertiary/aromatic N) is 1. The quantitative estimate of drug-likeness (QED) is 0.792. The van der Waals surface area contributed by atoms with Gasteiger partial charge in [0.25, 0.3) is 0 Å². The molecule has 0 radical (unpaired) electrons. The van der Waals surface area contributed by atoms with E-state index < -0.39 is 11.9 Å². The SMILES string of the molecule is COC(=O)c1nc(C2(C)CCCCC2)oc1C(=O)OC. The first-order valence-corrected chi connectivity index (χ1v) is 6.70. The summed E-state index contributed by atoms with van der Waals surface area (Å²) in [6.45, 7) is 2.04. The highest BCUT2D eigenvalue weighted by Gasteiger charge is 2.37. The van der Waals surface area contributed by atoms with Gasteiger partial charge in [-0.25, -0.2) is 14.6 Å². The summed E-state index contributed by atoms with van der Waals surface area (Å²) in [6.07, 6.45) is 5.20. The number of oxazole rings is 1. The molecule has 1 aromatic heterocycles. The molecule has 1 aliphatic rings. The van der Waals surface area contributed by atoms with E-state index in [9.17, 15) is 9.59 Å². The Morgan fingerprint density at radius 1 is 1.10 bits per heavy atom. The van der Waals surface area contributed by atoms with Crippen molar-refractivity contribution in [2.45, 2.75) is 44.4 Å². The molecule has 0 bridgehead atoms. The van der Waals surface area contributed by atoms with Crippen molar-refractivity contribution >= 4 is 11.9 Å². The summed E-state index contributed by atoms with van der Waals surface area (Å²) >= 11 is 0. The average Bonchev–Trinajstić information content (AvgIpc) is 2.92. The van der Waals surface area contributed by atoms with Crippen molar-refractivity contribution in [3.05, 3.63) is 17.3 Å². The zero-order valence-electron chi connectivity index (χ0n) is 12.0. The molecular weight excluding hydrogens is 262 g/mol. The second kappa shape index (κ2) is 5.64. The van der Waals surface area contributed by atoms with Gasteiger partial charge in [-0.2, -0.15) is 0 Å². The minimum Gasteiger partial charge on any atom is -0.464 e. The van der Waals surface area contributed by atoms with Crippen molar-refractivity contribution in [2.75, 3.05) is 14.2 Å². The van der Waals surface area contributed by atoms with Crippen molar-refractivity contribution in [2.24, 2.45) is 0 Å². The van der Waals surface area contributed by atoms with E-state index in [0.717, 1.165) is 25.7 Å². The van der Waals surface area contributed by atoms with Crippen LogP contribution in [0.4, 0.5) is 0 Å². The van der Waals surface area contributed by atoms with E-state index in [2.05, 4.69) is 14.5 Å². The van der Waals surface area contributed by atoms with Crippen LogP contribution >= 0.6 is 0 Å². The maximum atomic E-state index is 11.7. The molecule has 0 aliphatic heterocycles. The first-order chi connectivity index (χ1) is 9.51. The van der Waals surface area contributed by atoms with E-state index in [1.54, 1.807) is 0 Å². The third-order valence-electron chi connectivity index (χ3n) is 3.85. The van der Waals surface area contributed by atoms with Crippen LogP contribution in [0.3, 0.4) is 0 Å². The van der Waals surface area contributed by atoms with Gasteiger partial charge in [0.1, 0.15) is 0 Å². The predicted molar refractivity (Wildman–Crippen MR) is 69.6 cm³/mol. The number of hydrogen-bond donors (Lipinski definition) is 0. The summed E-state index contributed by atoms with van der Waals surface area (Å²) in [5, 5.41) is 0. The second-order valence-electron chi connectivity index (χ2n) is 5.30. The molecule has 2 rings (SSSR count). The lowest BCUT2D eigenvalue weighted by molar-refractivity contribution is 0.0523. The Kier molecular flexibility index (Phi) is 4.11. The molecule has 6 heteroatoms. The maximum absolute atomic E-state index is 11.7. The predicted octanol–water partition coefficient (Wildman–Crippen LogP) is 2.47. The van der Waals surface area contributed by atoms with Gasteiger partial charge in [0.2, 0.25) is 17.3 Å². The molecule has 1 aliphatic carbocycles. The minimum atomic E-state index is -0.719. The van der Waals surface area contributed by atoms with E-state index in [1.807, 2.05) is 6.92 Å². The monoisotopic (exact) mass is 281 g/mol. The van der Waals surface area contributed by atoms with Gasteiger partial charge < -0.3 is 13.9 Å². The van der Waals surface area contributed by atoms with Gasteiger partial charge in [0, 0.05) is 5.41 Å². The van der Waals surface area contributed by atoms with Gasteiger partial charge in [-0.05, 0) is 12.8 Å². The van der Waals surface area contributed by atoms with E-state index in [4.69, 9.17) is 4.42 Å². The van der Waals surface area contributed by atoms with Crippen LogP contribution in [0.2, 0.25) is 0 Å². The Hall–Kier alpha value is -1.85. The molecule has 1 aromatic rings. The lowest BCUT2D eigenvalue weighted by Gasteiger charge is -2.30. The standard InChI is InChI=1S/C14H19NO5/c1-14(7-5-4-6-8-14)13-15-9(11(16)18-2)10(20-13)12(17)19-3/h4-8H2,1-3H3. The van der Waals surface area contributed by atoms with E-state index >= 15 is 0 Å². The summed E-state index contributed by atoms with van der Waals surface area (Å²) < 4.78 is 14.8. The van der Waals surface area contributed by atoms with Gasteiger partial charge in [-0.1, -0.05) is 26.2 Å². The molecular formula is C14H19NO5. The zero-order valence-corrected chi connectivity index (χ0v) is 12.0. The van der Waals surface area contributed by atoms with Crippen LogP contribution < -0.4 is 0 Å². The Bertz CT molecular complexity index is 480. The van der Waals surface area contributed by atoms with Crippen molar-refractivity contribution in [3.63, 3.8) is 0 Å². The van der Waals surface area contributed by atoms with Gasteiger partial charge >= 0.3 is 11.9 Å². The molecule has 0 spiro atoms. The smallest absolute Gasteiger partial charge is 0.376 e. The highest BCUT2D eigenvalue weighted by Crippen LogP contribution is 2.39. The number of aromatic nitrogens is 1. The van der Waals surface area contributed by atoms with Crippen LogP contribution in [0.25, 0.3) is 0 Å². The Morgan fingerprint density at radius 3 is 2.25 bits per heavy atom. The number of ether oxygens (including phenoxy) is 2. The van der Waals surface area contributed by atoms with E-state index in [1.165, 1.54) is 20.6 Å². The maximum Gasteiger partial charge on any atom is 0.376 e. The van der Waals surface area contributed by atoms with Crippen molar-refractivity contribution < 1.29 is 23.5 Å². The molecule has 110 valence electrons. The first kappa shape index (κ1) is 14.6. The van der Waals surface area contributed by atoms with Crippen LogP contribution in [-0.2, 0) is 14.9 Å². The number of esters is 2. The molecule has 6 nitrogen and oxygen atoms in total. The van der Waals surface area contributed by atoms with Gasteiger partial charge in [-0.3, -0.25) is 0 Å². The highest BCUT2D eigenvalue weighted by atomic mass is 16.5. The molecule has 0 N–H and O–H groups in total. The molecule has 1 fully saturated rings. The molecule has 20 heavy (non-hydrogen) atoms. The lowest BCUT2D eigenvalue weighted by Crippen LogP contribution is -2.25. The molecule has 0 atom stereocenters. The number of carbonyl (C=O) groups is 2. The van der Waals surface area contributed by atoms with Crippen LogP contribution in [0.1, 0.15) is 66.0 Å². The molecule has 0 amide bonds. The number of carbonyl (C=O) groups excluding carboxylic acids is 2. The zero-order chi connectivity index (χ0) is 14.8. The lowest BCUT2D eigenvalue weighted by atomic mass is 9.76. The molecule has 1 saturated carbocycles. The van der Waals surface area contributed by atoms with Crippen LogP contribution in [-0.4, -0.2) is 31.1 Å². The van der Waals surface area contributed by atoms with Crippen molar-refractivity contribution in [3.8, 4) is 0 Å². The number of rotatable bonds is 3. The molecule has 0 aromatic carbocycles. The van der Waals surface area contributed by atoms with Gasteiger partial charge in [0.15, 0.2) is 0 Å². The van der Waals surface area contributed by atoms with E-state index in [0.29, 0.717) is 5.89 Å². The van der Waals surface area contributed by atoms with E-state index in [-0.39, 0.29) is 16.9 Å². The number of hydrogen-bond acceptors (Lipinski definition) is 6. The second-order valence-corrected chi connectivity index (χ2v) is 5.30. The topological polar surface area (TPSA) is 78.6 Å². The third-order valence-corrected chi connectivity index (χ3v) is 3.85. The van der Waals surface area contributed by atoms with Crippen LogP contribution in [0.5, 0.6) is 0 Å². The summed E-state index contributed by atoms with van der Waals surface area (Å²) in [5.74, 6) is -1.18. The largest absolute Gasteiger partial charge is 0.464 e. The fraction of sp³-hybridized carbons (Fsp3) is 0.643. The Labute approximate surface area is 117 Å². The minimum absolute atomic E-state index is 0.110. The summed E-state index contributed by atoms with van der Waals surface area (Å²) in [5.41, 5.74) is -0.353. The molecule has 0 unspecified atom stereocenters. The van der Waals surface area contributed by atoms with Gasteiger partial charge in [-0.15, -0.1) is 0 Å². The average molecular weight is 281 g/mol. The molecule has 0 saturated heterocycles. The highest BCUT2D eigenvalue weighted by molar-refractivity contribution is 5.99. The third kappa shape index (κ3) is 2.55. The summed E-state index contributed by atoms with van der Waals surface area (Å²) in [7, 11) is 2.47. The summed E-state index contributed by atoms with van der Waals surface area (Å²) in [6, 6.07) is 0. The first-order valence-electron chi connectivity index (χ1n) is 6.70. The summed E-state index contributed by atoms with van der Waals surface area (Å²) in [4.78, 5) is 27.6. The fourth-order valence-corrected chi connectivity index (χ4v) is 2.59. The Balaban J connectivity index is 2.42. The normalized spacial score (nSPS) is 17.6. The molecule has 1 heterocycles. The fourth-order valence-electron chi connectivity index (χ4n) is 2.59. The number of methoxy groups -OCH3 is 2. The van der Waals surface area contributed by atoms with Crippen LogP contribution in [0.15, 0.2) is 4.42 Å². The van der Waals surface area contributed by atoms with Crippen molar-refractivity contribution in [1.29, 1.82) is 0 Å². The van der Waals surface area contributed by atoms with Crippen molar-refractivity contribution in [1.82, 2.24) is 4.98 Å². The van der Waals surface area contributed by atoms with Crippen LogP contribution in [0, 0.1) is 0 Å². The Morgan fingerprint density at radius 2 is 1.70 bits per heavy atom.